The molecule has 29 heavy (non-hydrogen) atoms. The molecule has 0 spiro atoms. The van der Waals surface area contributed by atoms with Crippen molar-refractivity contribution >= 4 is 11.9 Å². The summed E-state index contributed by atoms with van der Waals surface area (Å²) in [6, 6.07) is 6.12. The summed E-state index contributed by atoms with van der Waals surface area (Å²) in [6.07, 6.45) is 1.58. The van der Waals surface area contributed by atoms with E-state index in [0.717, 1.165) is 29.7 Å². The van der Waals surface area contributed by atoms with Crippen LogP contribution in [0.2, 0.25) is 0 Å². The third-order valence-electron chi connectivity index (χ3n) is 5.27. The molecule has 1 aliphatic rings. The van der Waals surface area contributed by atoms with E-state index in [1.165, 1.54) is 0 Å². The van der Waals surface area contributed by atoms with Gasteiger partial charge in [0.2, 0.25) is 0 Å². The average Bonchev–Trinajstić information content (AvgIpc) is 3.07. The van der Waals surface area contributed by atoms with Gasteiger partial charge in [0, 0.05) is 25.2 Å². The Morgan fingerprint density at radius 2 is 1.97 bits per heavy atom. The summed E-state index contributed by atoms with van der Waals surface area (Å²) in [4.78, 5) is 26.7. The zero-order valence-electron chi connectivity index (χ0n) is 17.8. The monoisotopic (exact) mass is 398 g/mol. The summed E-state index contributed by atoms with van der Waals surface area (Å²) in [5, 5.41) is 14.3. The molecule has 1 aromatic heterocycles. The van der Waals surface area contributed by atoms with Crippen molar-refractivity contribution in [3.63, 3.8) is 0 Å². The number of nitrogens with zero attached hydrogens (tertiary/aromatic N) is 4. The van der Waals surface area contributed by atoms with E-state index in [-0.39, 0.29) is 24.0 Å². The van der Waals surface area contributed by atoms with Crippen molar-refractivity contribution in [2.45, 2.75) is 66.1 Å². The Labute approximate surface area is 171 Å². The zero-order chi connectivity index (χ0) is 21.1. The Kier molecular flexibility index (Phi) is 6.20. The van der Waals surface area contributed by atoms with Crippen LogP contribution in [0.4, 0.5) is 4.79 Å². The van der Waals surface area contributed by atoms with Gasteiger partial charge in [-0.2, -0.15) is 0 Å². The van der Waals surface area contributed by atoms with Crippen LogP contribution in [0.3, 0.4) is 0 Å². The summed E-state index contributed by atoms with van der Waals surface area (Å²) >= 11 is 0. The first-order valence-electron chi connectivity index (χ1n) is 10.2. The number of aromatic nitrogens is 3. The lowest BCUT2D eigenvalue weighted by Gasteiger charge is -2.30. The van der Waals surface area contributed by atoms with Crippen molar-refractivity contribution in [3.05, 3.63) is 40.7 Å². The van der Waals surface area contributed by atoms with Crippen molar-refractivity contribution in [2.75, 3.05) is 6.54 Å². The first-order chi connectivity index (χ1) is 13.8. The van der Waals surface area contributed by atoms with E-state index in [2.05, 4.69) is 20.9 Å². The summed E-state index contributed by atoms with van der Waals surface area (Å²) in [5.74, 6) is -0.204. The Bertz CT molecular complexity index is 905. The molecule has 1 aliphatic heterocycles. The molecule has 0 radical (unpaired) electrons. The molecule has 156 valence electrons. The SMILES string of the molecule is CCC(C)NC(=O)c1nnn(-c2cccc3c2CCN(C(=O)NC(C)C)C3)c1C. The van der Waals surface area contributed by atoms with Crippen LogP contribution in [-0.4, -0.2) is 50.5 Å². The first kappa shape index (κ1) is 20.8. The molecular formula is C21H30N6O2. The molecular weight excluding hydrogens is 368 g/mol. The predicted octanol–water partition coefficient (Wildman–Crippen LogP) is 2.58. The number of fused-ring (bicyclic) bond motifs is 1. The molecule has 2 N–H and O–H groups in total. The van der Waals surface area contributed by atoms with Crippen LogP contribution in [-0.2, 0) is 13.0 Å². The van der Waals surface area contributed by atoms with Gasteiger partial charge in [0.25, 0.3) is 5.91 Å². The summed E-state index contributed by atoms with van der Waals surface area (Å²) in [6.45, 7) is 10.9. The van der Waals surface area contributed by atoms with Crippen molar-refractivity contribution in [1.82, 2.24) is 30.5 Å². The van der Waals surface area contributed by atoms with Gasteiger partial charge in [-0.05, 0) is 57.7 Å². The van der Waals surface area contributed by atoms with E-state index in [4.69, 9.17) is 0 Å². The van der Waals surface area contributed by atoms with Gasteiger partial charge in [-0.3, -0.25) is 4.79 Å². The second-order valence-electron chi connectivity index (χ2n) is 7.91. The number of hydrogen-bond donors (Lipinski definition) is 2. The molecule has 2 aromatic rings. The van der Waals surface area contributed by atoms with Gasteiger partial charge in [0.15, 0.2) is 5.69 Å². The molecule has 3 amide bonds. The van der Waals surface area contributed by atoms with Crippen molar-refractivity contribution in [3.8, 4) is 5.69 Å². The third-order valence-corrected chi connectivity index (χ3v) is 5.27. The topological polar surface area (TPSA) is 92.2 Å². The molecule has 1 atom stereocenters. The summed E-state index contributed by atoms with van der Waals surface area (Å²) < 4.78 is 1.73. The van der Waals surface area contributed by atoms with E-state index >= 15 is 0 Å². The maximum absolute atomic E-state index is 12.5. The summed E-state index contributed by atoms with van der Waals surface area (Å²) in [7, 11) is 0. The lowest BCUT2D eigenvalue weighted by Crippen LogP contribution is -2.45. The normalized spacial score (nSPS) is 14.5. The van der Waals surface area contributed by atoms with E-state index in [1.807, 2.05) is 57.7 Å². The van der Waals surface area contributed by atoms with E-state index in [0.29, 0.717) is 24.5 Å². The predicted molar refractivity (Wildman–Crippen MR) is 111 cm³/mol. The fourth-order valence-corrected chi connectivity index (χ4v) is 3.46. The Morgan fingerprint density at radius 3 is 2.66 bits per heavy atom. The molecule has 0 saturated carbocycles. The number of hydrogen-bond acceptors (Lipinski definition) is 4. The van der Waals surface area contributed by atoms with Gasteiger partial charge in [-0.15, -0.1) is 5.10 Å². The molecule has 1 aromatic carbocycles. The van der Waals surface area contributed by atoms with Crippen molar-refractivity contribution in [2.24, 2.45) is 0 Å². The number of carbonyl (C=O) groups is 2. The van der Waals surface area contributed by atoms with Crippen LogP contribution in [0.1, 0.15) is 61.4 Å². The number of amides is 3. The molecule has 8 heteroatoms. The minimum atomic E-state index is -0.204. The first-order valence-corrected chi connectivity index (χ1v) is 10.2. The average molecular weight is 399 g/mol. The maximum Gasteiger partial charge on any atom is 0.317 e. The van der Waals surface area contributed by atoms with Gasteiger partial charge >= 0.3 is 6.03 Å². The minimum absolute atomic E-state index is 0.0445. The van der Waals surface area contributed by atoms with E-state index in [1.54, 1.807) is 4.68 Å². The minimum Gasteiger partial charge on any atom is -0.348 e. The highest BCUT2D eigenvalue weighted by molar-refractivity contribution is 5.93. The molecule has 2 heterocycles. The van der Waals surface area contributed by atoms with Gasteiger partial charge < -0.3 is 15.5 Å². The zero-order valence-corrected chi connectivity index (χ0v) is 17.8. The van der Waals surface area contributed by atoms with Crippen molar-refractivity contribution in [1.29, 1.82) is 0 Å². The highest BCUT2D eigenvalue weighted by Gasteiger charge is 2.25. The van der Waals surface area contributed by atoms with Crippen LogP contribution in [0.15, 0.2) is 18.2 Å². The quantitative estimate of drug-likeness (QED) is 0.810. The van der Waals surface area contributed by atoms with Crippen LogP contribution in [0.25, 0.3) is 5.69 Å². The fraction of sp³-hybridized carbons (Fsp3) is 0.524. The molecule has 0 fully saturated rings. The van der Waals surface area contributed by atoms with Gasteiger partial charge in [-0.25, -0.2) is 9.48 Å². The van der Waals surface area contributed by atoms with Gasteiger partial charge in [0.05, 0.1) is 11.4 Å². The van der Waals surface area contributed by atoms with Crippen LogP contribution < -0.4 is 10.6 Å². The summed E-state index contributed by atoms with van der Waals surface area (Å²) in [5.41, 5.74) is 4.20. The molecule has 0 saturated heterocycles. The fourth-order valence-electron chi connectivity index (χ4n) is 3.46. The Hall–Kier alpha value is -2.90. The van der Waals surface area contributed by atoms with Crippen molar-refractivity contribution < 1.29 is 9.59 Å². The molecule has 1 unspecified atom stereocenters. The lowest BCUT2D eigenvalue weighted by atomic mass is 9.98. The third kappa shape index (κ3) is 4.41. The van der Waals surface area contributed by atoms with Crippen LogP contribution in [0.5, 0.6) is 0 Å². The lowest BCUT2D eigenvalue weighted by molar-refractivity contribution is 0.0933. The van der Waals surface area contributed by atoms with E-state index in [9.17, 15) is 9.59 Å². The Morgan fingerprint density at radius 1 is 1.21 bits per heavy atom. The molecule has 0 bridgehead atoms. The number of rotatable bonds is 5. The van der Waals surface area contributed by atoms with Crippen LogP contribution >= 0.6 is 0 Å². The molecule has 8 nitrogen and oxygen atoms in total. The number of nitrogens with one attached hydrogen (secondary N) is 2. The Balaban J connectivity index is 1.86. The van der Waals surface area contributed by atoms with Crippen LogP contribution in [0, 0.1) is 6.92 Å². The number of urea groups is 1. The molecule has 3 rings (SSSR count). The second kappa shape index (κ2) is 8.63. The van der Waals surface area contributed by atoms with Gasteiger partial charge in [0.1, 0.15) is 0 Å². The number of carbonyl (C=O) groups excluding carboxylic acids is 2. The highest BCUT2D eigenvalue weighted by atomic mass is 16.2. The largest absolute Gasteiger partial charge is 0.348 e. The van der Waals surface area contributed by atoms with Gasteiger partial charge in [-0.1, -0.05) is 24.3 Å². The highest BCUT2D eigenvalue weighted by Crippen LogP contribution is 2.26. The molecule has 0 aliphatic carbocycles. The van der Waals surface area contributed by atoms with E-state index < -0.39 is 0 Å². The number of benzene rings is 1. The second-order valence-corrected chi connectivity index (χ2v) is 7.91. The smallest absolute Gasteiger partial charge is 0.317 e. The standard InChI is InChI=1S/C21H30N6O2/c1-6-14(4)23-20(28)19-15(5)27(25-24-19)18-9-7-8-16-12-26(11-10-17(16)18)21(29)22-13(2)3/h7-9,13-14H,6,10-12H2,1-5H3,(H,22,29)(H,23,28). The maximum atomic E-state index is 12.5.